The molecule has 1 N–H and O–H groups in total. The summed E-state index contributed by atoms with van der Waals surface area (Å²) in [4.78, 5) is 17.3. The number of benzene rings is 3. The van der Waals surface area contributed by atoms with E-state index in [0.717, 1.165) is 33.7 Å². The number of carbonyl (C=O) groups excluding carboxylic acids is 1. The van der Waals surface area contributed by atoms with Gasteiger partial charge < -0.3 is 10.1 Å². The van der Waals surface area contributed by atoms with Crippen LogP contribution in [0.1, 0.15) is 23.4 Å². The van der Waals surface area contributed by atoms with E-state index >= 15 is 0 Å². The number of nitrogens with zero attached hydrogens (tertiary/aromatic N) is 2. The third-order valence-electron chi connectivity index (χ3n) is 5.11. The van der Waals surface area contributed by atoms with E-state index in [4.69, 9.17) is 9.72 Å². The van der Waals surface area contributed by atoms with Crippen LogP contribution in [0.2, 0.25) is 0 Å². The second kappa shape index (κ2) is 9.37. The molecule has 0 fully saturated rings. The third-order valence-corrected chi connectivity index (χ3v) is 5.11. The zero-order valence-corrected chi connectivity index (χ0v) is 17.0. The summed E-state index contributed by atoms with van der Waals surface area (Å²) in [6.07, 6.45) is 0.942. The van der Waals surface area contributed by atoms with Gasteiger partial charge in [-0.25, -0.2) is 4.98 Å². The van der Waals surface area contributed by atoms with Gasteiger partial charge in [-0.1, -0.05) is 54.6 Å². The van der Waals surface area contributed by atoms with Crippen molar-refractivity contribution in [2.24, 2.45) is 0 Å². The molecule has 1 aromatic heterocycles. The summed E-state index contributed by atoms with van der Waals surface area (Å²) in [6.45, 7) is 1.03. The van der Waals surface area contributed by atoms with Gasteiger partial charge in [-0.3, -0.25) is 9.36 Å². The van der Waals surface area contributed by atoms with Gasteiger partial charge >= 0.3 is 0 Å². The number of aromatic nitrogens is 2. The van der Waals surface area contributed by atoms with Crippen LogP contribution in [0.3, 0.4) is 0 Å². The van der Waals surface area contributed by atoms with Crippen LogP contribution < -0.4 is 5.32 Å². The molecule has 0 saturated heterocycles. The van der Waals surface area contributed by atoms with Crippen LogP contribution in [0.5, 0.6) is 0 Å². The van der Waals surface area contributed by atoms with Crippen molar-refractivity contribution in [1.29, 1.82) is 0 Å². The third kappa shape index (κ3) is 4.42. The Bertz CT molecular complexity index is 1140. The number of hydrogen-bond donors (Lipinski definition) is 1. The van der Waals surface area contributed by atoms with Gasteiger partial charge in [-0.2, -0.15) is 0 Å². The Morgan fingerprint density at radius 2 is 1.63 bits per heavy atom. The summed E-state index contributed by atoms with van der Waals surface area (Å²) in [6, 6.07) is 26.2. The summed E-state index contributed by atoms with van der Waals surface area (Å²) >= 11 is 0. The predicted molar refractivity (Wildman–Crippen MR) is 118 cm³/mol. The van der Waals surface area contributed by atoms with Gasteiger partial charge in [-0.05, 0) is 35.4 Å². The van der Waals surface area contributed by atoms with E-state index < -0.39 is 0 Å². The molecule has 1 amide bonds. The van der Waals surface area contributed by atoms with Crippen LogP contribution in [0.25, 0.3) is 16.7 Å². The Morgan fingerprint density at radius 1 is 0.933 bits per heavy atom. The summed E-state index contributed by atoms with van der Waals surface area (Å²) in [5.41, 5.74) is 5.20. The topological polar surface area (TPSA) is 56.1 Å². The smallest absolute Gasteiger partial charge is 0.220 e. The van der Waals surface area contributed by atoms with Crippen molar-refractivity contribution in [2.75, 3.05) is 7.11 Å². The molecule has 4 rings (SSSR count). The zero-order chi connectivity index (χ0) is 20.8. The molecule has 0 aliphatic heterocycles. The Labute approximate surface area is 176 Å². The maximum atomic E-state index is 12.5. The fraction of sp³-hybridized carbons (Fsp3) is 0.200. The van der Waals surface area contributed by atoms with E-state index in [0.29, 0.717) is 26.0 Å². The summed E-state index contributed by atoms with van der Waals surface area (Å²) in [5, 5.41) is 3.03. The first-order valence-electron chi connectivity index (χ1n) is 10.1. The molecule has 30 heavy (non-hydrogen) atoms. The van der Waals surface area contributed by atoms with Gasteiger partial charge in [0.1, 0.15) is 5.82 Å². The lowest BCUT2D eigenvalue weighted by Gasteiger charge is -2.11. The Kier molecular flexibility index (Phi) is 6.20. The number of amides is 1. The standard InChI is InChI=1S/C25H25N3O2/c1-30-18-20-10-6-5-9-19(20)17-26-25(29)16-15-24-27-22-13-7-8-14-23(22)28(24)21-11-3-2-4-12-21/h2-14H,15-18H2,1H3,(H,26,29). The fourth-order valence-electron chi connectivity index (χ4n) is 3.64. The van der Waals surface area contributed by atoms with Gasteiger partial charge in [0.15, 0.2) is 0 Å². The minimum Gasteiger partial charge on any atom is -0.380 e. The highest BCUT2D eigenvalue weighted by Crippen LogP contribution is 2.22. The Morgan fingerprint density at radius 3 is 2.43 bits per heavy atom. The second-order valence-electron chi connectivity index (χ2n) is 7.17. The maximum Gasteiger partial charge on any atom is 0.220 e. The molecule has 3 aromatic carbocycles. The van der Waals surface area contributed by atoms with Crippen molar-refractivity contribution < 1.29 is 9.53 Å². The highest BCUT2D eigenvalue weighted by Gasteiger charge is 2.13. The number of ether oxygens (including phenoxy) is 1. The van der Waals surface area contributed by atoms with Crippen LogP contribution >= 0.6 is 0 Å². The molecule has 0 aliphatic rings. The number of carbonyl (C=O) groups is 1. The number of para-hydroxylation sites is 3. The number of aryl methyl sites for hydroxylation is 1. The first kappa shape index (κ1) is 19.9. The van der Waals surface area contributed by atoms with Gasteiger partial charge in [0.2, 0.25) is 5.91 Å². The zero-order valence-electron chi connectivity index (χ0n) is 17.0. The monoisotopic (exact) mass is 399 g/mol. The number of methoxy groups -OCH3 is 1. The van der Waals surface area contributed by atoms with Gasteiger partial charge in [0, 0.05) is 32.2 Å². The van der Waals surface area contributed by atoms with Gasteiger partial charge in [0.25, 0.3) is 0 Å². The van der Waals surface area contributed by atoms with E-state index in [1.165, 1.54) is 0 Å². The minimum absolute atomic E-state index is 0.00823. The molecule has 0 radical (unpaired) electrons. The SMILES string of the molecule is COCc1ccccc1CNC(=O)CCc1nc2ccccc2n1-c1ccccc1. The lowest BCUT2D eigenvalue weighted by atomic mass is 10.1. The average molecular weight is 399 g/mol. The van der Waals surface area contributed by atoms with Crippen LogP contribution in [-0.2, 0) is 29.1 Å². The van der Waals surface area contributed by atoms with E-state index in [9.17, 15) is 4.79 Å². The molecule has 152 valence electrons. The number of nitrogens with one attached hydrogen (secondary N) is 1. The summed E-state index contributed by atoms with van der Waals surface area (Å²) in [5.74, 6) is 0.895. The fourth-order valence-corrected chi connectivity index (χ4v) is 3.64. The molecule has 1 heterocycles. The molecule has 4 aromatic rings. The average Bonchev–Trinajstić information content (AvgIpc) is 3.16. The molecular weight excluding hydrogens is 374 g/mol. The molecule has 0 aliphatic carbocycles. The lowest BCUT2D eigenvalue weighted by Crippen LogP contribution is -2.24. The highest BCUT2D eigenvalue weighted by molar-refractivity contribution is 5.79. The number of fused-ring (bicyclic) bond motifs is 1. The van der Waals surface area contributed by atoms with Gasteiger partial charge in [0.05, 0.1) is 17.6 Å². The lowest BCUT2D eigenvalue weighted by molar-refractivity contribution is -0.121. The van der Waals surface area contributed by atoms with Crippen molar-refractivity contribution in [3.8, 4) is 5.69 Å². The first-order chi connectivity index (χ1) is 14.8. The first-order valence-corrected chi connectivity index (χ1v) is 10.1. The van der Waals surface area contributed by atoms with Crippen LogP contribution in [0, 0.1) is 0 Å². The summed E-state index contributed by atoms with van der Waals surface area (Å²) in [7, 11) is 1.67. The van der Waals surface area contributed by atoms with Gasteiger partial charge in [-0.15, -0.1) is 0 Å². The van der Waals surface area contributed by atoms with E-state index in [1.54, 1.807) is 7.11 Å². The molecule has 5 nitrogen and oxygen atoms in total. The molecular formula is C25H25N3O2. The normalized spacial score (nSPS) is 11.0. The predicted octanol–water partition coefficient (Wildman–Crippen LogP) is 4.42. The van der Waals surface area contributed by atoms with E-state index in [2.05, 4.69) is 28.1 Å². The molecule has 0 saturated carbocycles. The van der Waals surface area contributed by atoms with E-state index in [1.807, 2.05) is 60.7 Å². The van der Waals surface area contributed by atoms with Crippen molar-refractivity contribution in [2.45, 2.75) is 26.0 Å². The van der Waals surface area contributed by atoms with Crippen LogP contribution in [0.4, 0.5) is 0 Å². The van der Waals surface area contributed by atoms with Crippen molar-refractivity contribution in [3.63, 3.8) is 0 Å². The van der Waals surface area contributed by atoms with Crippen LogP contribution in [-0.4, -0.2) is 22.6 Å². The maximum absolute atomic E-state index is 12.5. The Balaban J connectivity index is 1.47. The molecule has 0 atom stereocenters. The molecule has 0 unspecified atom stereocenters. The second-order valence-corrected chi connectivity index (χ2v) is 7.17. The molecule has 5 heteroatoms. The highest BCUT2D eigenvalue weighted by atomic mass is 16.5. The molecule has 0 spiro atoms. The molecule has 0 bridgehead atoms. The Hall–Kier alpha value is -3.44. The van der Waals surface area contributed by atoms with Crippen molar-refractivity contribution >= 4 is 16.9 Å². The summed E-state index contributed by atoms with van der Waals surface area (Å²) < 4.78 is 7.38. The number of hydrogen-bond acceptors (Lipinski definition) is 3. The van der Waals surface area contributed by atoms with E-state index in [-0.39, 0.29) is 5.91 Å². The minimum atomic E-state index is 0.00823. The van der Waals surface area contributed by atoms with Crippen molar-refractivity contribution in [1.82, 2.24) is 14.9 Å². The van der Waals surface area contributed by atoms with Crippen molar-refractivity contribution in [3.05, 3.63) is 95.8 Å². The quantitative estimate of drug-likeness (QED) is 0.477. The van der Waals surface area contributed by atoms with Crippen LogP contribution in [0.15, 0.2) is 78.9 Å². The largest absolute Gasteiger partial charge is 0.380 e. The number of rotatable bonds is 8. The number of imidazole rings is 1.